The fourth-order valence-electron chi connectivity index (χ4n) is 4.46. The van der Waals surface area contributed by atoms with Crippen LogP contribution >= 0.6 is 0 Å². The Morgan fingerprint density at radius 1 is 1.00 bits per heavy atom. The normalized spacial score (nSPS) is 19.8. The maximum Gasteiger partial charge on any atom is 0.243 e. The third-order valence-corrected chi connectivity index (χ3v) is 8.04. The molecular formula is C23H29N3O3S. The quantitative estimate of drug-likeness (QED) is 0.811. The van der Waals surface area contributed by atoms with Crippen molar-refractivity contribution in [3.05, 3.63) is 53.1 Å². The van der Waals surface area contributed by atoms with Gasteiger partial charge in [-0.15, -0.1) is 0 Å². The molecule has 2 aromatic rings. The fourth-order valence-corrected chi connectivity index (χ4v) is 5.92. The van der Waals surface area contributed by atoms with Crippen LogP contribution in [0.1, 0.15) is 36.5 Å². The highest BCUT2D eigenvalue weighted by Crippen LogP contribution is 2.39. The number of hydrogen-bond acceptors (Lipinski definition) is 4. The third kappa shape index (κ3) is 3.61. The van der Waals surface area contributed by atoms with E-state index in [1.165, 1.54) is 16.8 Å². The van der Waals surface area contributed by atoms with E-state index < -0.39 is 10.0 Å². The summed E-state index contributed by atoms with van der Waals surface area (Å²) in [5.74, 6) is -0.265. The van der Waals surface area contributed by atoms with Gasteiger partial charge in [0.05, 0.1) is 10.8 Å². The summed E-state index contributed by atoms with van der Waals surface area (Å²) in [6.45, 7) is 10.3. The molecule has 2 aliphatic heterocycles. The highest BCUT2D eigenvalue weighted by atomic mass is 32.2. The molecule has 30 heavy (non-hydrogen) atoms. The summed E-state index contributed by atoms with van der Waals surface area (Å²) in [6, 6.07) is 11.4. The summed E-state index contributed by atoms with van der Waals surface area (Å²) in [5, 5.41) is 2.87. The first-order valence-electron chi connectivity index (χ1n) is 10.5. The molecule has 2 aliphatic rings. The number of sulfonamides is 1. The number of carbonyl (C=O) groups excluding carboxylic acids is 1. The SMILES string of the molecule is Cc1ccc(C)c(N2CCN(S(=O)(=O)c3ccc4c(c3)[C@@H](C(C)C)C(=O)N4)CC2)c1. The van der Waals surface area contributed by atoms with E-state index in [1.807, 2.05) is 13.8 Å². The summed E-state index contributed by atoms with van der Waals surface area (Å²) in [7, 11) is -3.61. The van der Waals surface area contributed by atoms with Crippen molar-refractivity contribution < 1.29 is 13.2 Å². The summed E-state index contributed by atoms with van der Waals surface area (Å²) >= 11 is 0. The zero-order valence-corrected chi connectivity index (χ0v) is 18.8. The molecule has 4 rings (SSSR count). The minimum Gasteiger partial charge on any atom is -0.369 e. The van der Waals surface area contributed by atoms with Gasteiger partial charge in [-0.3, -0.25) is 4.79 Å². The molecule has 1 saturated heterocycles. The maximum atomic E-state index is 13.3. The third-order valence-electron chi connectivity index (χ3n) is 6.15. The van der Waals surface area contributed by atoms with Gasteiger partial charge >= 0.3 is 0 Å². The van der Waals surface area contributed by atoms with Crippen molar-refractivity contribution in [2.75, 3.05) is 36.4 Å². The Morgan fingerprint density at radius 3 is 2.37 bits per heavy atom. The molecule has 2 aromatic carbocycles. The Kier molecular flexibility index (Phi) is 5.36. The molecule has 0 saturated carbocycles. The maximum absolute atomic E-state index is 13.3. The Hall–Kier alpha value is -2.38. The van der Waals surface area contributed by atoms with Crippen LogP contribution in [0.2, 0.25) is 0 Å². The predicted octanol–water partition coefficient (Wildman–Crippen LogP) is 3.51. The molecule has 1 atom stereocenters. The van der Waals surface area contributed by atoms with Gasteiger partial charge in [0.15, 0.2) is 0 Å². The molecule has 0 bridgehead atoms. The van der Waals surface area contributed by atoms with E-state index in [0.29, 0.717) is 26.2 Å². The van der Waals surface area contributed by atoms with Crippen LogP contribution in [0.4, 0.5) is 11.4 Å². The lowest BCUT2D eigenvalue weighted by Crippen LogP contribution is -2.48. The first-order valence-corrected chi connectivity index (χ1v) is 11.9. The Bertz CT molecular complexity index is 1090. The van der Waals surface area contributed by atoms with E-state index in [4.69, 9.17) is 0 Å². The van der Waals surface area contributed by atoms with Crippen molar-refractivity contribution >= 4 is 27.3 Å². The number of benzene rings is 2. The Labute approximate surface area is 178 Å². The zero-order valence-electron chi connectivity index (χ0n) is 18.0. The molecule has 0 spiro atoms. The number of carbonyl (C=O) groups is 1. The van der Waals surface area contributed by atoms with Gasteiger partial charge in [-0.25, -0.2) is 8.42 Å². The lowest BCUT2D eigenvalue weighted by atomic mass is 9.90. The largest absolute Gasteiger partial charge is 0.369 e. The van der Waals surface area contributed by atoms with E-state index in [2.05, 4.69) is 42.3 Å². The second-order valence-electron chi connectivity index (χ2n) is 8.64. The predicted molar refractivity (Wildman–Crippen MR) is 120 cm³/mol. The van der Waals surface area contributed by atoms with Gasteiger partial charge < -0.3 is 10.2 Å². The van der Waals surface area contributed by atoms with Gasteiger partial charge in [-0.2, -0.15) is 4.31 Å². The summed E-state index contributed by atoms with van der Waals surface area (Å²) in [5.41, 5.74) is 5.08. The number of amides is 1. The van der Waals surface area contributed by atoms with Crippen molar-refractivity contribution in [2.24, 2.45) is 5.92 Å². The standard InChI is InChI=1S/C23H29N3O3S/c1-15(2)22-19-14-18(7-8-20(19)24-23(22)27)30(28,29)26-11-9-25(10-12-26)21-13-16(3)5-6-17(21)4/h5-8,13-15,22H,9-12H2,1-4H3,(H,24,27)/t22-/m1/s1. The highest BCUT2D eigenvalue weighted by molar-refractivity contribution is 7.89. The molecule has 2 heterocycles. The molecular weight excluding hydrogens is 398 g/mol. The lowest BCUT2D eigenvalue weighted by Gasteiger charge is -2.36. The average Bonchev–Trinajstić information content (AvgIpc) is 3.05. The van der Waals surface area contributed by atoms with Crippen LogP contribution in [0.25, 0.3) is 0 Å². The Balaban J connectivity index is 1.55. The topological polar surface area (TPSA) is 69.7 Å². The number of nitrogens with zero attached hydrogens (tertiary/aromatic N) is 2. The molecule has 7 heteroatoms. The van der Waals surface area contributed by atoms with E-state index in [-0.39, 0.29) is 22.6 Å². The van der Waals surface area contributed by atoms with E-state index in [0.717, 1.165) is 11.3 Å². The van der Waals surface area contributed by atoms with Crippen molar-refractivity contribution in [1.82, 2.24) is 4.31 Å². The first-order chi connectivity index (χ1) is 14.2. The molecule has 0 unspecified atom stereocenters. The van der Waals surface area contributed by atoms with Gasteiger partial charge in [0.2, 0.25) is 15.9 Å². The molecule has 0 aromatic heterocycles. The number of aryl methyl sites for hydroxylation is 2. The molecule has 1 amide bonds. The fraction of sp³-hybridized carbons (Fsp3) is 0.435. The van der Waals surface area contributed by atoms with Crippen LogP contribution in [0.5, 0.6) is 0 Å². The van der Waals surface area contributed by atoms with Crippen LogP contribution < -0.4 is 10.2 Å². The Morgan fingerprint density at radius 2 is 1.70 bits per heavy atom. The molecule has 1 fully saturated rings. The van der Waals surface area contributed by atoms with Gasteiger partial charge in [0.1, 0.15) is 0 Å². The summed E-state index contributed by atoms with van der Waals surface area (Å²) in [4.78, 5) is 14.8. The number of rotatable bonds is 4. The average molecular weight is 428 g/mol. The van der Waals surface area contributed by atoms with Crippen LogP contribution in [-0.2, 0) is 14.8 Å². The van der Waals surface area contributed by atoms with Crippen molar-refractivity contribution in [1.29, 1.82) is 0 Å². The monoisotopic (exact) mass is 427 g/mol. The molecule has 1 N–H and O–H groups in total. The van der Waals surface area contributed by atoms with Gasteiger partial charge in [0.25, 0.3) is 0 Å². The smallest absolute Gasteiger partial charge is 0.243 e. The summed E-state index contributed by atoms with van der Waals surface area (Å²) < 4.78 is 28.2. The van der Waals surface area contributed by atoms with Gasteiger partial charge in [0, 0.05) is 37.6 Å². The second kappa shape index (κ2) is 7.71. The van der Waals surface area contributed by atoms with E-state index >= 15 is 0 Å². The second-order valence-corrected chi connectivity index (χ2v) is 10.6. The number of fused-ring (bicyclic) bond motifs is 1. The van der Waals surface area contributed by atoms with Crippen LogP contribution in [0.3, 0.4) is 0 Å². The number of nitrogens with one attached hydrogen (secondary N) is 1. The zero-order chi connectivity index (χ0) is 21.6. The number of hydrogen-bond donors (Lipinski definition) is 1. The molecule has 0 aliphatic carbocycles. The van der Waals surface area contributed by atoms with Crippen molar-refractivity contribution in [2.45, 2.75) is 38.5 Å². The van der Waals surface area contributed by atoms with E-state index in [1.54, 1.807) is 22.5 Å². The molecule has 160 valence electrons. The molecule has 6 nitrogen and oxygen atoms in total. The van der Waals surface area contributed by atoms with Crippen LogP contribution in [0, 0.1) is 19.8 Å². The van der Waals surface area contributed by atoms with E-state index in [9.17, 15) is 13.2 Å². The number of anilines is 2. The minimum absolute atomic E-state index is 0.0586. The molecule has 0 radical (unpaired) electrons. The van der Waals surface area contributed by atoms with Crippen LogP contribution in [0.15, 0.2) is 41.3 Å². The highest BCUT2D eigenvalue weighted by Gasteiger charge is 2.35. The van der Waals surface area contributed by atoms with Crippen LogP contribution in [-0.4, -0.2) is 44.8 Å². The lowest BCUT2D eigenvalue weighted by molar-refractivity contribution is -0.117. The minimum atomic E-state index is -3.61. The number of piperazine rings is 1. The van der Waals surface area contributed by atoms with Crippen molar-refractivity contribution in [3.8, 4) is 0 Å². The summed E-state index contributed by atoms with van der Waals surface area (Å²) in [6.07, 6.45) is 0. The first kappa shape index (κ1) is 20.9. The van der Waals surface area contributed by atoms with Gasteiger partial charge in [-0.1, -0.05) is 26.0 Å². The van der Waals surface area contributed by atoms with Gasteiger partial charge in [-0.05, 0) is 60.7 Å². The van der Waals surface area contributed by atoms with Crippen molar-refractivity contribution in [3.63, 3.8) is 0 Å².